The zero-order valence-electron chi connectivity index (χ0n) is 12.1. The maximum atomic E-state index is 11.5. The van der Waals surface area contributed by atoms with E-state index >= 15 is 0 Å². The van der Waals surface area contributed by atoms with E-state index < -0.39 is 0 Å². The lowest BCUT2D eigenvalue weighted by Crippen LogP contribution is -2.33. The van der Waals surface area contributed by atoms with Gasteiger partial charge in [-0.3, -0.25) is 14.1 Å². The van der Waals surface area contributed by atoms with E-state index in [1.807, 2.05) is 27.8 Å². The molecule has 0 aliphatic heterocycles. The summed E-state index contributed by atoms with van der Waals surface area (Å²) in [6.07, 6.45) is 5.56. The van der Waals surface area contributed by atoms with Crippen LogP contribution in [0.2, 0.25) is 0 Å². The molecule has 0 amide bonds. The molecule has 20 heavy (non-hydrogen) atoms. The van der Waals surface area contributed by atoms with E-state index in [0.717, 1.165) is 12.2 Å². The van der Waals surface area contributed by atoms with Crippen molar-refractivity contribution < 1.29 is 9.53 Å². The van der Waals surface area contributed by atoms with Gasteiger partial charge in [0.2, 0.25) is 5.78 Å². The first-order chi connectivity index (χ1) is 9.58. The molecule has 0 N–H and O–H groups in total. The van der Waals surface area contributed by atoms with Crippen LogP contribution < -0.4 is 0 Å². The molecule has 0 bridgehead atoms. The predicted octanol–water partition coefficient (Wildman–Crippen LogP) is 1.36. The van der Waals surface area contributed by atoms with Crippen molar-refractivity contribution in [3.05, 3.63) is 30.4 Å². The number of carbonyl (C=O) groups excluding carboxylic acids is 1. The van der Waals surface area contributed by atoms with Crippen LogP contribution in [0.25, 0.3) is 5.78 Å². The van der Waals surface area contributed by atoms with Crippen LogP contribution in [-0.2, 0) is 16.1 Å². The van der Waals surface area contributed by atoms with Gasteiger partial charge < -0.3 is 4.74 Å². The quantitative estimate of drug-likeness (QED) is 0.746. The standard InChI is InChI=1S/C14H20N4O2/c1-11(2)7-17(10-13(19)20-3)8-12-9-18-6-4-5-15-14(18)16-12/h4-6,9,11H,7-8,10H2,1-3H3. The average Bonchev–Trinajstić information content (AvgIpc) is 2.79. The summed E-state index contributed by atoms with van der Waals surface area (Å²) in [6, 6.07) is 1.86. The highest BCUT2D eigenvalue weighted by Gasteiger charge is 2.15. The number of hydrogen-bond donors (Lipinski definition) is 0. The third-order valence-electron chi connectivity index (χ3n) is 2.87. The average molecular weight is 276 g/mol. The predicted molar refractivity (Wildman–Crippen MR) is 75.1 cm³/mol. The van der Waals surface area contributed by atoms with Crippen LogP contribution in [0.5, 0.6) is 0 Å². The minimum atomic E-state index is -0.229. The summed E-state index contributed by atoms with van der Waals surface area (Å²) in [5, 5.41) is 0. The molecule has 2 rings (SSSR count). The molecule has 0 aliphatic carbocycles. The number of fused-ring (bicyclic) bond motifs is 1. The maximum Gasteiger partial charge on any atom is 0.319 e. The van der Waals surface area contributed by atoms with Crippen LogP contribution >= 0.6 is 0 Å². The van der Waals surface area contributed by atoms with Crippen molar-refractivity contribution >= 4 is 11.7 Å². The fourth-order valence-corrected chi connectivity index (χ4v) is 2.13. The first-order valence-electron chi connectivity index (χ1n) is 6.66. The Labute approximate surface area is 118 Å². The summed E-state index contributed by atoms with van der Waals surface area (Å²) in [4.78, 5) is 22.1. The lowest BCUT2D eigenvalue weighted by molar-refractivity contribution is -0.142. The second-order valence-corrected chi connectivity index (χ2v) is 5.20. The summed E-state index contributed by atoms with van der Waals surface area (Å²) < 4.78 is 6.62. The van der Waals surface area contributed by atoms with E-state index in [9.17, 15) is 4.79 Å². The van der Waals surface area contributed by atoms with Crippen molar-refractivity contribution in [3.8, 4) is 0 Å². The number of aromatic nitrogens is 3. The molecule has 0 unspecified atom stereocenters. The van der Waals surface area contributed by atoms with Gasteiger partial charge in [-0.25, -0.2) is 9.97 Å². The van der Waals surface area contributed by atoms with E-state index in [4.69, 9.17) is 4.74 Å². The third kappa shape index (κ3) is 3.77. The van der Waals surface area contributed by atoms with E-state index in [0.29, 0.717) is 18.2 Å². The Kier molecular flexibility index (Phi) is 4.68. The van der Waals surface area contributed by atoms with E-state index in [2.05, 4.69) is 23.8 Å². The monoisotopic (exact) mass is 276 g/mol. The van der Waals surface area contributed by atoms with E-state index in [1.54, 1.807) is 6.20 Å². The van der Waals surface area contributed by atoms with Crippen molar-refractivity contribution in [3.63, 3.8) is 0 Å². The van der Waals surface area contributed by atoms with Crippen LogP contribution in [0.15, 0.2) is 24.7 Å². The molecule has 6 heteroatoms. The summed E-state index contributed by atoms with van der Waals surface area (Å²) in [5.41, 5.74) is 0.897. The summed E-state index contributed by atoms with van der Waals surface area (Å²) in [6.45, 7) is 5.94. The van der Waals surface area contributed by atoms with Crippen LogP contribution in [0, 0.1) is 5.92 Å². The molecule has 0 aliphatic rings. The molecular formula is C14H20N4O2. The second kappa shape index (κ2) is 6.47. The number of hydrogen-bond acceptors (Lipinski definition) is 5. The number of rotatable bonds is 6. The fourth-order valence-electron chi connectivity index (χ4n) is 2.13. The number of carbonyl (C=O) groups is 1. The lowest BCUT2D eigenvalue weighted by Gasteiger charge is -2.21. The highest BCUT2D eigenvalue weighted by Crippen LogP contribution is 2.08. The Balaban J connectivity index is 2.11. The maximum absolute atomic E-state index is 11.5. The zero-order chi connectivity index (χ0) is 14.5. The largest absolute Gasteiger partial charge is 0.468 e. The Morgan fingerprint density at radius 2 is 2.30 bits per heavy atom. The molecule has 0 saturated heterocycles. The second-order valence-electron chi connectivity index (χ2n) is 5.20. The van der Waals surface area contributed by atoms with Gasteiger partial charge in [0.15, 0.2) is 0 Å². The van der Waals surface area contributed by atoms with Crippen LogP contribution in [0.4, 0.5) is 0 Å². The molecule has 108 valence electrons. The van der Waals surface area contributed by atoms with Gasteiger partial charge >= 0.3 is 5.97 Å². The minimum Gasteiger partial charge on any atom is -0.468 e. The summed E-state index contributed by atoms with van der Waals surface area (Å²) >= 11 is 0. The number of esters is 1. The highest BCUT2D eigenvalue weighted by atomic mass is 16.5. The number of ether oxygens (including phenoxy) is 1. The van der Waals surface area contributed by atoms with Gasteiger partial charge in [-0.15, -0.1) is 0 Å². The normalized spacial score (nSPS) is 11.4. The molecule has 2 heterocycles. The fraction of sp³-hybridized carbons (Fsp3) is 0.500. The smallest absolute Gasteiger partial charge is 0.319 e. The number of methoxy groups -OCH3 is 1. The molecule has 2 aromatic rings. The van der Waals surface area contributed by atoms with Gasteiger partial charge in [0.25, 0.3) is 0 Å². The minimum absolute atomic E-state index is 0.229. The van der Waals surface area contributed by atoms with Gasteiger partial charge in [0, 0.05) is 31.7 Å². The molecular weight excluding hydrogens is 256 g/mol. The van der Waals surface area contributed by atoms with Crippen molar-refractivity contribution in [2.75, 3.05) is 20.2 Å². The molecule has 6 nitrogen and oxygen atoms in total. The van der Waals surface area contributed by atoms with Crippen LogP contribution in [-0.4, -0.2) is 45.4 Å². The zero-order valence-corrected chi connectivity index (χ0v) is 12.1. The van der Waals surface area contributed by atoms with Gasteiger partial charge in [-0.2, -0.15) is 0 Å². The van der Waals surface area contributed by atoms with E-state index in [-0.39, 0.29) is 12.5 Å². The lowest BCUT2D eigenvalue weighted by atomic mass is 10.2. The Hall–Kier alpha value is -1.95. The summed E-state index contributed by atoms with van der Waals surface area (Å²) in [5.74, 6) is 0.910. The molecule has 0 spiro atoms. The molecule has 2 aromatic heterocycles. The first-order valence-corrected chi connectivity index (χ1v) is 6.66. The van der Waals surface area contributed by atoms with Crippen molar-refractivity contribution in [2.24, 2.45) is 5.92 Å². The topological polar surface area (TPSA) is 59.7 Å². The number of nitrogens with zero attached hydrogens (tertiary/aromatic N) is 4. The highest BCUT2D eigenvalue weighted by molar-refractivity contribution is 5.71. The molecule has 0 aromatic carbocycles. The summed E-state index contributed by atoms with van der Waals surface area (Å²) in [7, 11) is 1.41. The van der Waals surface area contributed by atoms with Crippen LogP contribution in [0.1, 0.15) is 19.5 Å². The van der Waals surface area contributed by atoms with Gasteiger partial charge in [0.05, 0.1) is 19.3 Å². The van der Waals surface area contributed by atoms with Gasteiger partial charge in [0.1, 0.15) is 0 Å². The Morgan fingerprint density at radius 1 is 1.50 bits per heavy atom. The van der Waals surface area contributed by atoms with Gasteiger partial charge in [-0.05, 0) is 12.0 Å². The SMILES string of the molecule is COC(=O)CN(Cc1cn2cccnc2n1)CC(C)C. The van der Waals surface area contributed by atoms with Crippen molar-refractivity contribution in [1.82, 2.24) is 19.3 Å². The van der Waals surface area contributed by atoms with Crippen molar-refractivity contribution in [2.45, 2.75) is 20.4 Å². The Bertz CT molecular complexity index is 546. The van der Waals surface area contributed by atoms with Crippen molar-refractivity contribution in [1.29, 1.82) is 0 Å². The third-order valence-corrected chi connectivity index (χ3v) is 2.87. The van der Waals surface area contributed by atoms with E-state index in [1.165, 1.54) is 7.11 Å². The molecule has 0 fully saturated rings. The molecule has 0 atom stereocenters. The Morgan fingerprint density at radius 3 is 2.95 bits per heavy atom. The molecule has 0 radical (unpaired) electrons. The molecule has 0 saturated carbocycles. The van der Waals surface area contributed by atoms with Crippen LogP contribution in [0.3, 0.4) is 0 Å². The van der Waals surface area contributed by atoms with Gasteiger partial charge in [-0.1, -0.05) is 13.8 Å². The number of imidazole rings is 1. The first kappa shape index (κ1) is 14.5.